The first kappa shape index (κ1) is 24.2. The van der Waals surface area contributed by atoms with Crippen LogP contribution in [0.4, 0.5) is 0 Å². The number of rotatable bonds is 8. The number of halogens is 1. The molecule has 5 nitrogen and oxygen atoms in total. The molecule has 0 saturated carbocycles. The number of ether oxygens (including phenoxy) is 2. The molecule has 6 heteroatoms. The third-order valence-electron chi connectivity index (χ3n) is 6.49. The first-order chi connectivity index (χ1) is 15.5. The van der Waals surface area contributed by atoms with Crippen molar-refractivity contribution in [2.45, 2.75) is 45.0 Å². The molecule has 3 rings (SSSR count). The van der Waals surface area contributed by atoms with Crippen molar-refractivity contribution in [1.82, 2.24) is 9.80 Å². The van der Waals surface area contributed by atoms with Crippen LogP contribution in [0.1, 0.15) is 42.5 Å². The van der Waals surface area contributed by atoms with Crippen LogP contribution in [0.25, 0.3) is 0 Å². The van der Waals surface area contributed by atoms with Gasteiger partial charge in [0, 0.05) is 50.4 Å². The molecular formula is C26H34ClN3O2. The molecule has 172 valence electrons. The van der Waals surface area contributed by atoms with Crippen molar-refractivity contribution in [2.75, 3.05) is 39.9 Å². The molecule has 1 aliphatic carbocycles. The fourth-order valence-electron chi connectivity index (χ4n) is 4.31. The van der Waals surface area contributed by atoms with Crippen LogP contribution in [0.15, 0.2) is 47.9 Å². The average Bonchev–Trinajstić information content (AvgIpc) is 3.00. The predicted octanol–water partition coefficient (Wildman–Crippen LogP) is 5.26. The van der Waals surface area contributed by atoms with Crippen molar-refractivity contribution in [2.24, 2.45) is 0 Å². The highest BCUT2D eigenvalue weighted by molar-refractivity contribution is 6.23. The van der Waals surface area contributed by atoms with Crippen LogP contribution in [0.5, 0.6) is 5.75 Å². The van der Waals surface area contributed by atoms with Crippen molar-refractivity contribution >= 4 is 11.6 Å². The number of benzene rings is 1. The van der Waals surface area contributed by atoms with Gasteiger partial charge in [-0.15, -0.1) is 11.6 Å². The van der Waals surface area contributed by atoms with Gasteiger partial charge < -0.3 is 14.4 Å². The second kappa shape index (κ2) is 11.4. The van der Waals surface area contributed by atoms with Gasteiger partial charge in [-0.05, 0) is 56.0 Å². The van der Waals surface area contributed by atoms with Crippen molar-refractivity contribution in [1.29, 1.82) is 5.26 Å². The van der Waals surface area contributed by atoms with Gasteiger partial charge in [0.1, 0.15) is 16.9 Å². The number of unbranched alkanes of at least 4 members (excludes halogenated alkanes) is 1. The molecule has 0 aromatic heterocycles. The first-order valence-electron chi connectivity index (χ1n) is 11.3. The smallest absolute Gasteiger partial charge is 0.122 e. The van der Waals surface area contributed by atoms with E-state index in [4.69, 9.17) is 26.3 Å². The van der Waals surface area contributed by atoms with Crippen LogP contribution in [0.2, 0.25) is 0 Å². The lowest BCUT2D eigenvalue weighted by Crippen LogP contribution is -2.46. The molecule has 2 unspecified atom stereocenters. The Balaban J connectivity index is 1.63. The standard InChI is InChI=1S/C26H34ClN3O2/c1-19-20(2)25(32-17-6-5-12-28)11-10-23(19)21(3)29-13-15-30(16-14-29)22-8-7-9-24(27)26(18-22)31-4/h7-11,18,21,24H,5-6,13-17H2,1-4H3. The number of nitriles is 1. The van der Waals surface area contributed by atoms with Crippen LogP contribution in [-0.4, -0.2) is 55.1 Å². The summed E-state index contributed by atoms with van der Waals surface area (Å²) in [6.07, 6.45) is 9.42. The van der Waals surface area contributed by atoms with E-state index in [2.05, 4.69) is 60.9 Å². The second-order valence-electron chi connectivity index (χ2n) is 8.34. The van der Waals surface area contributed by atoms with Gasteiger partial charge >= 0.3 is 0 Å². The molecule has 0 N–H and O–H groups in total. The molecule has 1 saturated heterocycles. The van der Waals surface area contributed by atoms with E-state index in [1.54, 1.807) is 7.11 Å². The quantitative estimate of drug-likeness (QED) is 0.395. The molecule has 0 bridgehead atoms. The van der Waals surface area contributed by atoms with Gasteiger partial charge in [-0.3, -0.25) is 4.90 Å². The molecule has 1 aromatic rings. The van der Waals surface area contributed by atoms with Crippen molar-refractivity contribution < 1.29 is 9.47 Å². The number of allylic oxidation sites excluding steroid dienone is 4. The third kappa shape index (κ3) is 5.68. The molecule has 1 heterocycles. The summed E-state index contributed by atoms with van der Waals surface area (Å²) >= 11 is 6.34. The minimum atomic E-state index is -0.223. The highest BCUT2D eigenvalue weighted by Crippen LogP contribution is 2.32. The summed E-state index contributed by atoms with van der Waals surface area (Å²) in [5, 5.41) is 8.46. The Morgan fingerprint density at radius 1 is 1.19 bits per heavy atom. The number of hydrogen-bond acceptors (Lipinski definition) is 5. The maximum atomic E-state index is 8.69. The summed E-state index contributed by atoms with van der Waals surface area (Å²) in [5.41, 5.74) is 4.98. The molecule has 0 radical (unpaired) electrons. The van der Waals surface area contributed by atoms with Crippen LogP contribution >= 0.6 is 11.6 Å². The van der Waals surface area contributed by atoms with Gasteiger partial charge in [-0.1, -0.05) is 18.2 Å². The lowest BCUT2D eigenvalue weighted by Gasteiger charge is -2.40. The van der Waals surface area contributed by atoms with Gasteiger partial charge in [0.15, 0.2) is 0 Å². The summed E-state index contributed by atoms with van der Waals surface area (Å²) in [7, 11) is 1.67. The van der Waals surface area contributed by atoms with Gasteiger partial charge in [0.25, 0.3) is 0 Å². The minimum Gasteiger partial charge on any atom is -0.499 e. The minimum absolute atomic E-state index is 0.223. The molecule has 1 fully saturated rings. The summed E-state index contributed by atoms with van der Waals surface area (Å²) in [6.45, 7) is 11.1. The van der Waals surface area contributed by atoms with Crippen molar-refractivity contribution in [3.05, 3.63) is 64.6 Å². The van der Waals surface area contributed by atoms with E-state index in [0.29, 0.717) is 19.1 Å². The Morgan fingerprint density at radius 3 is 2.62 bits per heavy atom. The number of nitrogens with zero attached hydrogens (tertiary/aromatic N) is 3. The lowest BCUT2D eigenvalue weighted by atomic mass is 9.96. The van der Waals surface area contributed by atoms with Gasteiger partial charge in [0.05, 0.1) is 19.8 Å². The summed E-state index contributed by atoms with van der Waals surface area (Å²) in [6, 6.07) is 6.78. The van der Waals surface area contributed by atoms with Crippen molar-refractivity contribution in [3.63, 3.8) is 0 Å². The summed E-state index contributed by atoms with van der Waals surface area (Å²) in [4.78, 5) is 4.95. The lowest BCUT2D eigenvalue weighted by molar-refractivity contribution is 0.124. The van der Waals surface area contributed by atoms with Crippen LogP contribution in [-0.2, 0) is 4.74 Å². The van der Waals surface area contributed by atoms with E-state index >= 15 is 0 Å². The van der Waals surface area contributed by atoms with Crippen LogP contribution < -0.4 is 4.74 Å². The Kier molecular flexibility index (Phi) is 8.67. The van der Waals surface area contributed by atoms with Crippen molar-refractivity contribution in [3.8, 4) is 11.8 Å². The summed E-state index contributed by atoms with van der Waals surface area (Å²) < 4.78 is 11.4. The van der Waals surface area contributed by atoms with Gasteiger partial charge in [-0.2, -0.15) is 5.26 Å². The molecule has 2 aliphatic rings. The Hall–Kier alpha value is -2.42. The molecule has 1 aromatic carbocycles. The average molecular weight is 456 g/mol. The number of alkyl halides is 1. The van der Waals surface area contributed by atoms with Gasteiger partial charge in [0.2, 0.25) is 0 Å². The molecule has 0 spiro atoms. The normalized spacial score (nSPS) is 20.1. The molecule has 0 amide bonds. The topological polar surface area (TPSA) is 48.7 Å². The zero-order valence-electron chi connectivity index (χ0n) is 19.6. The molecule has 1 aliphatic heterocycles. The Labute approximate surface area is 197 Å². The van der Waals surface area contributed by atoms with Crippen LogP contribution in [0.3, 0.4) is 0 Å². The number of methoxy groups -OCH3 is 1. The number of hydrogen-bond donors (Lipinski definition) is 0. The highest BCUT2D eigenvalue weighted by atomic mass is 35.5. The fraction of sp³-hybridized carbons (Fsp3) is 0.500. The van der Waals surface area contributed by atoms with Gasteiger partial charge in [-0.25, -0.2) is 0 Å². The van der Waals surface area contributed by atoms with E-state index in [1.165, 1.54) is 16.7 Å². The molecule has 32 heavy (non-hydrogen) atoms. The van der Waals surface area contributed by atoms with E-state index in [9.17, 15) is 0 Å². The molecular weight excluding hydrogens is 422 g/mol. The fourth-order valence-corrected chi connectivity index (χ4v) is 4.55. The summed E-state index contributed by atoms with van der Waals surface area (Å²) in [5.74, 6) is 1.70. The zero-order chi connectivity index (χ0) is 23.1. The third-order valence-corrected chi connectivity index (χ3v) is 6.85. The highest BCUT2D eigenvalue weighted by Gasteiger charge is 2.25. The second-order valence-corrected chi connectivity index (χ2v) is 8.81. The SMILES string of the molecule is COC1=CC(N2CCN(C(C)c3ccc(OCCCC#N)c(C)c3C)CC2)=CC=CC1Cl. The monoisotopic (exact) mass is 455 g/mol. The maximum Gasteiger partial charge on any atom is 0.122 e. The Bertz CT molecular complexity index is 924. The first-order valence-corrected chi connectivity index (χ1v) is 11.8. The maximum absolute atomic E-state index is 8.69. The largest absolute Gasteiger partial charge is 0.499 e. The van der Waals surface area contributed by atoms with Crippen LogP contribution in [0, 0.1) is 25.2 Å². The zero-order valence-corrected chi connectivity index (χ0v) is 20.4. The Morgan fingerprint density at radius 2 is 1.94 bits per heavy atom. The number of piperazine rings is 1. The van der Waals surface area contributed by atoms with E-state index < -0.39 is 0 Å². The van der Waals surface area contributed by atoms with E-state index in [1.807, 2.05) is 12.2 Å². The predicted molar refractivity (Wildman–Crippen MR) is 130 cm³/mol. The molecule has 2 atom stereocenters. The van der Waals surface area contributed by atoms with E-state index in [0.717, 1.165) is 49.8 Å². The van der Waals surface area contributed by atoms with E-state index in [-0.39, 0.29) is 5.38 Å².